The Labute approximate surface area is 219 Å². The van der Waals surface area contributed by atoms with E-state index in [1.807, 2.05) is 30.3 Å². The van der Waals surface area contributed by atoms with Gasteiger partial charge in [-0.25, -0.2) is 0 Å². The molecule has 0 amide bonds. The van der Waals surface area contributed by atoms with Gasteiger partial charge in [-0.15, -0.1) is 0 Å². The molecule has 1 saturated heterocycles. The summed E-state index contributed by atoms with van der Waals surface area (Å²) in [5.74, 6) is 1.62. The predicted molar refractivity (Wildman–Crippen MR) is 146 cm³/mol. The highest BCUT2D eigenvalue weighted by Crippen LogP contribution is 2.42. The Balaban J connectivity index is 1.47. The molecule has 0 unspecified atom stereocenters. The highest BCUT2D eigenvalue weighted by Gasteiger charge is 2.39. The zero-order valence-corrected chi connectivity index (χ0v) is 21.5. The third-order valence-corrected chi connectivity index (χ3v) is 7.16. The number of ether oxygens (including phenoxy) is 4. The molecule has 1 fully saturated rings. The fraction of sp³-hybridized carbons (Fsp3) is 0.273. The molecule has 1 heterocycles. The van der Waals surface area contributed by atoms with Crippen molar-refractivity contribution in [1.82, 2.24) is 0 Å². The summed E-state index contributed by atoms with van der Waals surface area (Å²) < 4.78 is 24.4. The van der Waals surface area contributed by atoms with Gasteiger partial charge in [-0.1, -0.05) is 84.9 Å². The minimum Gasteiger partial charge on any atom is -0.497 e. The minimum absolute atomic E-state index is 0.0355. The van der Waals surface area contributed by atoms with E-state index in [9.17, 15) is 0 Å². The molecule has 4 aromatic rings. The van der Waals surface area contributed by atoms with Crippen LogP contribution >= 0.6 is 0 Å². The molecule has 0 spiro atoms. The maximum Gasteiger partial charge on any atom is 0.143 e. The van der Waals surface area contributed by atoms with Gasteiger partial charge in [0, 0.05) is 0 Å². The molecule has 2 atom stereocenters. The van der Waals surface area contributed by atoms with Crippen molar-refractivity contribution in [2.45, 2.75) is 37.1 Å². The van der Waals surface area contributed by atoms with Crippen LogP contribution in [0.15, 0.2) is 109 Å². The monoisotopic (exact) mass is 494 g/mol. The van der Waals surface area contributed by atoms with E-state index < -0.39 is 5.60 Å². The topological polar surface area (TPSA) is 36.9 Å². The molecule has 1 aliphatic rings. The van der Waals surface area contributed by atoms with E-state index in [0.29, 0.717) is 6.61 Å². The van der Waals surface area contributed by atoms with Gasteiger partial charge < -0.3 is 18.9 Å². The second kappa shape index (κ2) is 11.6. The first-order valence-electron chi connectivity index (χ1n) is 12.9. The third-order valence-electron chi connectivity index (χ3n) is 7.16. The number of benzene rings is 4. The lowest BCUT2D eigenvalue weighted by atomic mass is 9.80. The van der Waals surface area contributed by atoms with Crippen molar-refractivity contribution in [3.8, 4) is 11.5 Å². The SMILES string of the molecule is COc1ccc(C(OC[C@@H]2CC[C@H](Cc3ccccc3)O2)(c2ccccc2)c2ccc(OC)cc2)cc1. The Morgan fingerprint density at radius 1 is 0.622 bits per heavy atom. The van der Waals surface area contributed by atoms with Crippen molar-refractivity contribution in [3.63, 3.8) is 0 Å². The van der Waals surface area contributed by atoms with Crippen molar-refractivity contribution < 1.29 is 18.9 Å². The summed E-state index contributed by atoms with van der Waals surface area (Å²) in [4.78, 5) is 0. The van der Waals surface area contributed by atoms with Crippen LogP contribution in [0, 0.1) is 0 Å². The minimum atomic E-state index is -0.819. The van der Waals surface area contributed by atoms with Gasteiger partial charge in [0.15, 0.2) is 0 Å². The second-order valence-corrected chi connectivity index (χ2v) is 9.46. The zero-order valence-electron chi connectivity index (χ0n) is 21.5. The lowest BCUT2D eigenvalue weighted by molar-refractivity contribution is -0.0613. The van der Waals surface area contributed by atoms with Gasteiger partial charge in [-0.2, -0.15) is 0 Å². The highest BCUT2D eigenvalue weighted by molar-refractivity contribution is 5.49. The quantitative estimate of drug-likeness (QED) is 0.227. The Hall–Kier alpha value is -3.60. The van der Waals surface area contributed by atoms with Crippen LogP contribution in [0.5, 0.6) is 11.5 Å². The molecule has 4 heteroatoms. The van der Waals surface area contributed by atoms with E-state index in [0.717, 1.165) is 47.5 Å². The summed E-state index contributed by atoms with van der Waals surface area (Å²) in [5, 5.41) is 0. The van der Waals surface area contributed by atoms with E-state index in [4.69, 9.17) is 18.9 Å². The van der Waals surface area contributed by atoms with Gasteiger partial charge in [0.2, 0.25) is 0 Å². The van der Waals surface area contributed by atoms with Crippen LogP contribution in [-0.4, -0.2) is 33.0 Å². The van der Waals surface area contributed by atoms with Gasteiger partial charge in [-0.05, 0) is 65.8 Å². The first kappa shape index (κ1) is 25.1. The first-order chi connectivity index (χ1) is 18.2. The largest absolute Gasteiger partial charge is 0.497 e. The second-order valence-electron chi connectivity index (χ2n) is 9.46. The van der Waals surface area contributed by atoms with Crippen LogP contribution in [0.1, 0.15) is 35.1 Å². The summed E-state index contributed by atoms with van der Waals surface area (Å²) in [7, 11) is 3.37. The van der Waals surface area contributed by atoms with Crippen LogP contribution in [0.2, 0.25) is 0 Å². The Morgan fingerprint density at radius 2 is 1.11 bits per heavy atom. The molecule has 4 nitrogen and oxygen atoms in total. The van der Waals surface area contributed by atoms with Gasteiger partial charge in [0.05, 0.1) is 33.0 Å². The van der Waals surface area contributed by atoms with E-state index in [1.165, 1.54) is 5.56 Å². The Bertz CT molecular complexity index is 1190. The molecule has 0 bridgehead atoms. The predicted octanol–water partition coefficient (Wildman–Crippen LogP) is 6.80. The van der Waals surface area contributed by atoms with Gasteiger partial charge in [0.1, 0.15) is 17.1 Å². The van der Waals surface area contributed by atoms with Crippen LogP contribution in [0.4, 0.5) is 0 Å². The number of hydrogen-bond donors (Lipinski definition) is 0. The summed E-state index contributed by atoms with van der Waals surface area (Å²) in [5.41, 5.74) is 3.61. The smallest absolute Gasteiger partial charge is 0.143 e. The molecule has 4 aromatic carbocycles. The molecule has 5 rings (SSSR count). The fourth-order valence-electron chi connectivity index (χ4n) is 5.22. The molecule has 0 N–H and O–H groups in total. The van der Waals surface area contributed by atoms with E-state index in [-0.39, 0.29) is 12.2 Å². The van der Waals surface area contributed by atoms with Crippen molar-refractivity contribution in [3.05, 3.63) is 131 Å². The van der Waals surface area contributed by atoms with Crippen LogP contribution < -0.4 is 9.47 Å². The van der Waals surface area contributed by atoms with Crippen LogP contribution in [-0.2, 0) is 21.5 Å². The van der Waals surface area contributed by atoms with Crippen molar-refractivity contribution >= 4 is 0 Å². The molecule has 0 radical (unpaired) electrons. The lowest BCUT2D eigenvalue weighted by Crippen LogP contribution is -2.36. The Morgan fingerprint density at radius 3 is 1.65 bits per heavy atom. The molecule has 0 aromatic heterocycles. The highest BCUT2D eigenvalue weighted by atomic mass is 16.6. The summed E-state index contributed by atoms with van der Waals surface area (Å²) in [6, 6.07) is 37.3. The van der Waals surface area contributed by atoms with Crippen LogP contribution in [0.3, 0.4) is 0 Å². The maximum atomic E-state index is 7.01. The van der Waals surface area contributed by atoms with E-state index in [2.05, 4.69) is 78.9 Å². The van der Waals surface area contributed by atoms with Crippen LogP contribution in [0.25, 0.3) is 0 Å². The van der Waals surface area contributed by atoms with Gasteiger partial charge >= 0.3 is 0 Å². The molecule has 1 aliphatic heterocycles. The molecule has 0 saturated carbocycles. The number of rotatable bonds is 10. The number of methoxy groups -OCH3 is 2. The van der Waals surface area contributed by atoms with Gasteiger partial charge in [-0.3, -0.25) is 0 Å². The summed E-state index contributed by atoms with van der Waals surface area (Å²) in [6.07, 6.45) is 3.19. The first-order valence-corrected chi connectivity index (χ1v) is 12.9. The van der Waals surface area contributed by atoms with Gasteiger partial charge in [0.25, 0.3) is 0 Å². The fourth-order valence-corrected chi connectivity index (χ4v) is 5.22. The molecular weight excluding hydrogens is 460 g/mol. The standard InChI is InChI=1S/C33H34O4/c1-34-29-17-13-27(14-18-29)33(26-11-7-4-8-12-26,28-15-19-30(35-2)20-16-28)36-24-32-22-21-31(37-32)23-25-9-5-3-6-10-25/h3-20,31-32H,21-24H2,1-2H3/t31-,32+/m1/s1. The molecule has 190 valence electrons. The van der Waals surface area contributed by atoms with E-state index in [1.54, 1.807) is 14.2 Å². The average molecular weight is 495 g/mol. The number of hydrogen-bond acceptors (Lipinski definition) is 4. The molecular formula is C33H34O4. The van der Waals surface area contributed by atoms with E-state index >= 15 is 0 Å². The third kappa shape index (κ3) is 5.56. The summed E-state index contributed by atoms with van der Waals surface area (Å²) in [6.45, 7) is 0.484. The zero-order chi connectivity index (χ0) is 25.5. The lowest BCUT2D eigenvalue weighted by Gasteiger charge is -2.37. The van der Waals surface area contributed by atoms with Crippen molar-refractivity contribution in [2.75, 3.05) is 20.8 Å². The molecule has 37 heavy (non-hydrogen) atoms. The normalized spacial score (nSPS) is 17.5. The van der Waals surface area contributed by atoms with Crippen molar-refractivity contribution in [1.29, 1.82) is 0 Å². The maximum absolute atomic E-state index is 7.01. The average Bonchev–Trinajstić information content (AvgIpc) is 3.42. The summed E-state index contributed by atoms with van der Waals surface area (Å²) >= 11 is 0. The van der Waals surface area contributed by atoms with Crippen molar-refractivity contribution in [2.24, 2.45) is 0 Å². The Kier molecular flexibility index (Phi) is 7.88. The molecule has 0 aliphatic carbocycles.